The van der Waals surface area contributed by atoms with E-state index in [1.165, 1.54) is 25.7 Å². The Morgan fingerprint density at radius 3 is 2.35 bits per heavy atom. The zero-order chi connectivity index (χ0) is 12.2. The molecule has 0 atom stereocenters. The first kappa shape index (κ1) is 18.4. The molecule has 6 heteroatoms. The number of rotatable bonds is 7. The van der Waals surface area contributed by atoms with E-state index < -0.39 is 0 Å². The fraction of sp³-hybridized carbons (Fsp3) is 0.818. The van der Waals surface area contributed by atoms with Gasteiger partial charge < -0.3 is 11.1 Å². The summed E-state index contributed by atoms with van der Waals surface area (Å²) >= 11 is 0. The summed E-state index contributed by atoms with van der Waals surface area (Å²) in [6.45, 7) is 5.75. The van der Waals surface area contributed by atoms with E-state index in [4.69, 9.17) is 11.1 Å². The van der Waals surface area contributed by atoms with Crippen LogP contribution >= 0.6 is 12.4 Å². The molecule has 0 rings (SSSR count). The molecule has 5 N–H and O–H groups in total. The SMILES string of the molecule is CCCCCCC/N=C(/NCC)NC(=N)N.Cl. The van der Waals surface area contributed by atoms with E-state index in [1.54, 1.807) is 0 Å². The zero-order valence-corrected chi connectivity index (χ0v) is 11.7. The van der Waals surface area contributed by atoms with Crippen molar-refractivity contribution in [2.24, 2.45) is 10.7 Å². The maximum absolute atomic E-state index is 7.12. The van der Waals surface area contributed by atoms with E-state index in [1.807, 2.05) is 6.92 Å². The summed E-state index contributed by atoms with van der Waals surface area (Å²) in [5, 5.41) is 12.8. The molecule has 0 aromatic heterocycles. The summed E-state index contributed by atoms with van der Waals surface area (Å²) < 4.78 is 0. The number of halogens is 1. The van der Waals surface area contributed by atoms with Crippen LogP contribution in [0.5, 0.6) is 0 Å². The molecule has 0 heterocycles. The lowest BCUT2D eigenvalue weighted by Gasteiger charge is -2.08. The summed E-state index contributed by atoms with van der Waals surface area (Å²) in [6.07, 6.45) is 6.15. The van der Waals surface area contributed by atoms with Crippen molar-refractivity contribution in [1.82, 2.24) is 10.6 Å². The molecule has 0 bridgehead atoms. The fourth-order valence-electron chi connectivity index (χ4n) is 1.34. The van der Waals surface area contributed by atoms with E-state index in [2.05, 4.69) is 22.5 Å². The van der Waals surface area contributed by atoms with Crippen LogP contribution in [0.1, 0.15) is 46.0 Å². The third-order valence-corrected chi connectivity index (χ3v) is 2.13. The predicted molar refractivity (Wildman–Crippen MR) is 77.0 cm³/mol. The summed E-state index contributed by atoms with van der Waals surface area (Å²) in [6, 6.07) is 0. The monoisotopic (exact) mass is 263 g/mol. The standard InChI is InChI=1S/C11H25N5.ClH/c1-3-5-6-7-8-9-15-11(14-4-2)16-10(12)13;/h3-9H2,1-2H3,(H5,12,13,14,15,16);1H. The highest BCUT2D eigenvalue weighted by Crippen LogP contribution is 2.01. The van der Waals surface area contributed by atoms with E-state index in [0.29, 0.717) is 5.96 Å². The van der Waals surface area contributed by atoms with Crippen LogP contribution in [0.25, 0.3) is 0 Å². The van der Waals surface area contributed by atoms with Gasteiger partial charge in [-0.15, -0.1) is 12.4 Å². The minimum Gasteiger partial charge on any atom is -0.370 e. The average molecular weight is 264 g/mol. The van der Waals surface area contributed by atoms with Gasteiger partial charge in [0.2, 0.25) is 0 Å². The van der Waals surface area contributed by atoms with Gasteiger partial charge in [-0.05, 0) is 13.3 Å². The van der Waals surface area contributed by atoms with Gasteiger partial charge in [-0.3, -0.25) is 15.7 Å². The molecule has 5 nitrogen and oxygen atoms in total. The van der Waals surface area contributed by atoms with Crippen molar-refractivity contribution in [3.8, 4) is 0 Å². The molecule has 102 valence electrons. The van der Waals surface area contributed by atoms with E-state index >= 15 is 0 Å². The lowest BCUT2D eigenvalue weighted by molar-refractivity contribution is 0.637. The number of nitrogens with zero attached hydrogens (tertiary/aromatic N) is 1. The Morgan fingerprint density at radius 2 is 1.82 bits per heavy atom. The van der Waals surface area contributed by atoms with Crippen LogP contribution in [0.3, 0.4) is 0 Å². The maximum atomic E-state index is 7.12. The lowest BCUT2D eigenvalue weighted by atomic mass is 10.2. The quantitative estimate of drug-likeness (QED) is 0.321. The highest BCUT2D eigenvalue weighted by Gasteiger charge is 1.96. The van der Waals surface area contributed by atoms with Crippen molar-refractivity contribution in [2.75, 3.05) is 13.1 Å². The van der Waals surface area contributed by atoms with Crippen molar-refractivity contribution in [3.63, 3.8) is 0 Å². The van der Waals surface area contributed by atoms with Gasteiger partial charge in [0.1, 0.15) is 0 Å². The molecule has 0 fully saturated rings. The molecule has 0 aromatic carbocycles. The number of nitrogens with two attached hydrogens (primary N) is 1. The van der Waals surface area contributed by atoms with E-state index in [0.717, 1.165) is 19.5 Å². The minimum atomic E-state index is -0.0781. The highest BCUT2D eigenvalue weighted by atomic mass is 35.5. The van der Waals surface area contributed by atoms with Crippen LogP contribution in [0.2, 0.25) is 0 Å². The molecule has 0 unspecified atom stereocenters. The number of unbranched alkanes of at least 4 members (excludes halogenated alkanes) is 4. The molecule has 0 radical (unpaired) electrons. The Balaban J connectivity index is 0. The molecule has 0 saturated heterocycles. The summed E-state index contributed by atoms with van der Waals surface area (Å²) in [7, 11) is 0. The normalized spacial score (nSPS) is 10.6. The van der Waals surface area contributed by atoms with Crippen molar-refractivity contribution in [3.05, 3.63) is 0 Å². The van der Waals surface area contributed by atoms with Gasteiger partial charge in [0.15, 0.2) is 11.9 Å². The van der Waals surface area contributed by atoms with Gasteiger partial charge in [0.05, 0.1) is 0 Å². The van der Waals surface area contributed by atoms with Gasteiger partial charge in [0.25, 0.3) is 0 Å². The van der Waals surface area contributed by atoms with Crippen LogP contribution in [0.15, 0.2) is 4.99 Å². The first-order valence-corrected chi connectivity index (χ1v) is 6.10. The topological polar surface area (TPSA) is 86.3 Å². The van der Waals surface area contributed by atoms with Gasteiger partial charge in [-0.1, -0.05) is 32.6 Å². The van der Waals surface area contributed by atoms with Crippen LogP contribution < -0.4 is 16.4 Å². The second-order valence-corrected chi connectivity index (χ2v) is 3.71. The molecule has 0 aromatic rings. The van der Waals surface area contributed by atoms with E-state index in [-0.39, 0.29) is 18.4 Å². The second kappa shape index (κ2) is 13.1. The predicted octanol–water partition coefficient (Wildman–Crippen LogP) is 1.83. The zero-order valence-electron chi connectivity index (χ0n) is 10.9. The average Bonchev–Trinajstić information content (AvgIpc) is 2.22. The second-order valence-electron chi connectivity index (χ2n) is 3.71. The Hall–Kier alpha value is -0.970. The fourth-order valence-corrected chi connectivity index (χ4v) is 1.34. The van der Waals surface area contributed by atoms with Gasteiger partial charge in [-0.25, -0.2) is 0 Å². The van der Waals surface area contributed by atoms with Crippen LogP contribution in [0, 0.1) is 5.41 Å². The molecule has 0 amide bonds. The minimum absolute atomic E-state index is 0. The molecule has 0 aliphatic rings. The Kier molecular flexibility index (Phi) is 14.2. The molecule has 17 heavy (non-hydrogen) atoms. The molecule has 0 spiro atoms. The largest absolute Gasteiger partial charge is 0.370 e. The van der Waals surface area contributed by atoms with E-state index in [9.17, 15) is 0 Å². The first-order valence-electron chi connectivity index (χ1n) is 6.10. The first-order chi connectivity index (χ1) is 7.70. The lowest BCUT2D eigenvalue weighted by Crippen LogP contribution is -2.44. The van der Waals surface area contributed by atoms with Gasteiger partial charge in [0, 0.05) is 13.1 Å². The van der Waals surface area contributed by atoms with Crippen molar-refractivity contribution < 1.29 is 0 Å². The van der Waals surface area contributed by atoms with Gasteiger partial charge >= 0.3 is 0 Å². The number of nitrogens with one attached hydrogen (secondary N) is 3. The third-order valence-electron chi connectivity index (χ3n) is 2.13. The number of aliphatic imine (C=N–C) groups is 1. The highest BCUT2D eigenvalue weighted by molar-refractivity contribution is 5.96. The van der Waals surface area contributed by atoms with Crippen LogP contribution in [-0.2, 0) is 0 Å². The Morgan fingerprint density at radius 1 is 1.18 bits per heavy atom. The molecule has 0 aliphatic carbocycles. The number of hydrogen-bond donors (Lipinski definition) is 4. The molecular weight excluding hydrogens is 238 g/mol. The number of guanidine groups is 2. The summed E-state index contributed by atoms with van der Waals surface area (Å²) in [4.78, 5) is 4.32. The van der Waals surface area contributed by atoms with Crippen molar-refractivity contribution >= 4 is 24.3 Å². The smallest absolute Gasteiger partial charge is 0.198 e. The Bertz CT molecular complexity index is 218. The molecular formula is C11H26ClN5. The summed E-state index contributed by atoms with van der Waals surface area (Å²) in [5.41, 5.74) is 5.24. The molecule has 0 aliphatic heterocycles. The van der Waals surface area contributed by atoms with Gasteiger partial charge in [-0.2, -0.15) is 0 Å². The van der Waals surface area contributed by atoms with Crippen molar-refractivity contribution in [2.45, 2.75) is 46.0 Å². The van der Waals surface area contributed by atoms with Crippen molar-refractivity contribution in [1.29, 1.82) is 5.41 Å². The Labute approximate surface area is 111 Å². The third kappa shape index (κ3) is 13.0. The number of hydrogen-bond acceptors (Lipinski definition) is 2. The van der Waals surface area contributed by atoms with Crippen LogP contribution in [0.4, 0.5) is 0 Å². The molecule has 0 saturated carbocycles. The van der Waals surface area contributed by atoms with Crippen LogP contribution in [-0.4, -0.2) is 25.0 Å². The maximum Gasteiger partial charge on any atom is 0.198 e. The summed E-state index contributed by atoms with van der Waals surface area (Å²) in [5.74, 6) is 0.524.